The maximum absolute atomic E-state index is 4.45. The molecule has 1 rings (SSSR count). The molecule has 0 saturated heterocycles. The first-order valence-corrected chi connectivity index (χ1v) is 5.24. The summed E-state index contributed by atoms with van der Waals surface area (Å²) < 4.78 is 0. The van der Waals surface area contributed by atoms with Gasteiger partial charge in [-0.2, -0.15) is 0 Å². The Kier molecular flexibility index (Phi) is 3.13. The second kappa shape index (κ2) is 3.80. The smallest absolute Gasteiger partial charge is 0.121 e. The molecule has 0 aliphatic heterocycles. The van der Waals surface area contributed by atoms with Gasteiger partial charge in [0.1, 0.15) is 7.85 Å². The Hall–Kier alpha value is -0.355. The van der Waals surface area contributed by atoms with Crippen molar-refractivity contribution in [2.24, 2.45) is 0 Å². The van der Waals surface area contributed by atoms with Gasteiger partial charge in [0.2, 0.25) is 0 Å². The SMILES string of the molecule is BC(C)(P)c1ccc(C(C)C)cn1. The largest absolute Gasteiger partial charge is 0.261 e. The van der Waals surface area contributed by atoms with Crippen LogP contribution in [0.4, 0.5) is 0 Å². The average Bonchev–Trinajstić information content (AvgIpc) is 2.03. The number of aromatic nitrogens is 1. The summed E-state index contributed by atoms with van der Waals surface area (Å²) in [5, 5.41) is 0.0789. The molecule has 0 N–H and O–H groups in total. The molecule has 2 atom stereocenters. The number of hydrogen-bond donors (Lipinski definition) is 0. The van der Waals surface area contributed by atoms with Crippen molar-refractivity contribution in [3.8, 4) is 0 Å². The summed E-state index contributed by atoms with van der Waals surface area (Å²) in [6, 6.07) is 4.28. The number of nitrogens with zero attached hydrogens (tertiary/aromatic N) is 1. The van der Waals surface area contributed by atoms with Crippen molar-refractivity contribution in [3.05, 3.63) is 29.6 Å². The van der Waals surface area contributed by atoms with Gasteiger partial charge < -0.3 is 0 Å². The van der Waals surface area contributed by atoms with E-state index < -0.39 is 0 Å². The zero-order valence-corrected chi connectivity index (χ0v) is 9.99. The molecule has 0 bridgehead atoms. The molecule has 3 heteroatoms. The van der Waals surface area contributed by atoms with E-state index in [9.17, 15) is 0 Å². The molecule has 2 unspecified atom stereocenters. The predicted octanol–water partition coefficient (Wildman–Crippen LogP) is 1.89. The van der Waals surface area contributed by atoms with Gasteiger partial charge in [0, 0.05) is 11.9 Å². The maximum Gasteiger partial charge on any atom is 0.121 e. The van der Waals surface area contributed by atoms with E-state index >= 15 is 0 Å². The minimum absolute atomic E-state index is 0.0789. The fourth-order valence-electron chi connectivity index (χ4n) is 1.13. The van der Waals surface area contributed by atoms with Crippen LogP contribution >= 0.6 is 9.24 Å². The molecular formula is C10H17BNP. The van der Waals surface area contributed by atoms with E-state index in [1.165, 1.54) is 5.56 Å². The lowest BCUT2D eigenvalue weighted by molar-refractivity contribution is 0.841. The van der Waals surface area contributed by atoms with Crippen LogP contribution in [-0.2, 0) is 5.06 Å². The molecule has 0 saturated carbocycles. The zero-order valence-electron chi connectivity index (χ0n) is 8.83. The first kappa shape index (κ1) is 10.7. The Morgan fingerprint density at radius 2 is 2.08 bits per heavy atom. The van der Waals surface area contributed by atoms with Crippen molar-refractivity contribution in [1.29, 1.82) is 0 Å². The van der Waals surface area contributed by atoms with E-state index in [4.69, 9.17) is 0 Å². The van der Waals surface area contributed by atoms with E-state index in [1.807, 2.05) is 6.20 Å². The van der Waals surface area contributed by atoms with Crippen LogP contribution in [0.25, 0.3) is 0 Å². The zero-order chi connectivity index (χ0) is 10.1. The quantitative estimate of drug-likeness (QED) is 0.516. The van der Waals surface area contributed by atoms with Gasteiger partial charge in [-0.15, -0.1) is 9.24 Å². The molecule has 0 fully saturated rings. The molecule has 13 heavy (non-hydrogen) atoms. The van der Waals surface area contributed by atoms with Gasteiger partial charge in [0.15, 0.2) is 0 Å². The van der Waals surface area contributed by atoms with Crippen molar-refractivity contribution in [2.75, 3.05) is 0 Å². The lowest BCUT2D eigenvalue weighted by atomic mass is 9.84. The Labute approximate surface area is 84.0 Å². The Bertz CT molecular complexity index is 274. The van der Waals surface area contributed by atoms with Crippen LogP contribution in [0.1, 0.15) is 37.9 Å². The van der Waals surface area contributed by atoms with E-state index in [-0.39, 0.29) is 5.06 Å². The van der Waals surface area contributed by atoms with Gasteiger partial charge >= 0.3 is 0 Å². The second-order valence-electron chi connectivity index (χ2n) is 4.35. The lowest BCUT2D eigenvalue weighted by Gasteiger charge is -2.17. The van der Waals surface area contributed by atoms with Gasteiger partial charge in [-0.05, 0) is 22.6 Å². The van der Waals surface area contributed by atoms with Crippen LogP contribution < -0.4 is 0 Å². The van der Waals surface area contributed by atoms with Crippen LogP contribution in [0, 0.1) is 0 Å². The predicted molar refractivity (Wildman–Crippen MR) is 63.9 cm³/mol. The number of hydrogen-bond acceptors (Lipinski definition) is 1. The second-order valence-corrected chi connectivity index (χ2v) is 5.80. The molecule has 1 nitrogen and oxygen atoms in total. The molecular weight excluding hydrogens is 176 g/mol. The molecule has 0 aliphatic rings. The number of pyridine rings is 1. The molecule has 1 aromatic heterocycles. The minimum atomic E-state index is 0.0789. The molecule has 0 spiro atoms. The van der Waals surface area contributed by atoms with Crippen molar-refractivity contribution in [2.45, 2.75) is 31.7 Å². The fourth-order valence-corrected chi connectivity index (χ4v) is 1.30. The third-order valence-corrected chi connectivity index (χ3v) is 2.41. The van der Waals surface area contributed by atoms with Crippen LogP contribution in [0.5, 0.6) is 0 Å². The van der Waals surface area contributed by atoms with Crippen LogP contribution in [0.15, 0.2) is 18.3 Å². The summed E-state index contributed by atoms with van der Waals surface area (Å²) in [6.45, 7) is 6.51. The Morgan fingerprint density at radius 1 is 1.46 bits per heavy atom. The normalized spacial score (nSPS) is 15.8. The van der Waals surface area contributed by atoms with Gasteiger partial charge in [0.25, 0.3) is 0 Å². The van der Waals surface area contributed by atoms with E-state index in [0.717, 1.165) is 5.69 Å². The molecule has 0 aromatic carbocycles. The van der Waals surface area contributed by atoms with Crippen LogP contribution in [0.3, 0.4) is 0 Å². The van der Waals surface area contributed by atoms with Gasteiger partial charge in [-0.1, -0.05) is 26.8 Å². The maximum atomic E-state index is 4.45. The summed E-state index contributed by atoms with van der Waals surface area (Å²) >= 11 is 0. The third kappa shape index (κ3) is 2.81. The Balaban J connectivity index is 2.94. The van der Waals surface area contributed by atoms with Crippen molar-refractivity contribution in [3.63, 3.8) is 0 Å². The van der Waals surface area contributed by atoms with Crippen LogP contribution in [0.2, 0.25) is 0 Å². The highest BCUT2D eigenvalue weighted by Gasteiger charge is 2.15. The fraction of sp³-hybridized carbons (Fsp3) is 0.500. The summed E-state index contributed by atoms with van der Waals surface area (Å²) in [6.07, 6.45) is 1.98. The topological polar surface area (TPSA) is 12.9 Å². The molecule has 70 valence electrons. The lowest BCUT2D eigenvalue weighted by Crippen LogP contribution is -2.14. The number of rotatable bonds is 2. The van der Waals surface area contributed by atoms with E-state index in [1.54, 1.807) is 0 Å². The molecule has 0 radical (unpaired) electrons. The molecule has 0 aliphatic carbocycles. The molecule has 1 heterocycles. The van der Waals surface area contributed by atoms with E-state index in [2.05, 4.69) is 55.0 Å². The first-order chi connectivity index (χ1) is 5.91. The average molecular weight is 193 g/mol. The highest BCUT2D eigenvalue weighted by molar-refractivity contribution is 7.21. The summed E-state index contributed by atoms with van der Waals surface area (Å²) in [5.74, 6) is 0.564. The van der Waals surface area contributed by atoms with E-state index in [0.29, 0.717) is 5.92 Å². The monoisotopic (exact) mass is 193 g/mol. The highest BCUT2D eigenvalue weighted by Crippen LogP contribution is 2.25. The Morgan fingerprint density at radius 3 is 2.38 bits per heavy atom. The molecule has 1 aromatic rings. The summed E-state index contributed by atoms with van der Waals surface area (Å²) in [4.78, 5) is 4.45. The summed E-state index contributed by atoms with van der Waals surface area (Å²) in [5.41, 5.74) is 2.43. The van der Waals surface area contributed by atoms with Crippen molar-refractivity contribution in [1.82, 2.24) is 4.98 Å². The summed E-state index contributed by atoms with van der Waals surface area (Å²) in [7, 11) is 4.96. The highest BCUT2D eigenvalue weighted by atomic mass is 31.0. The first-order valence-electron chi connectivity index (χ1n) is 4.66. The van der Waals surface area contributed by atoms with Gasteiger partial charge in [0.05, 0.1) is 0 Å². The van der Waals surface area contributed by atoms with Crippen LogP contribution in [-0.4, -0.2) is 12.8 Å². The minimum Gasteiger partial charge on any atom is -0.261 e. The van der Waals surface area contributed by atoms with Gasteiger partial charge in [-0.25, -0.2) is 0 Å². The van der Waals surface area contributed by atoms with Gasteiger partial charge in [-0.3, -0.25) is 4.98 Å². The van der Waals surface area contributed by atoms with Crippen molar-refractivity contribution >= 4 is 17.1 Å². The van der Waals surface area contributed by atoms with Crippen molar-refractivity contribution < 1.29 is 0 Å². The standard InChI is InChI=1S/C10H17BNP/c1-7(2)8-4-5-9(12-6-8)10(3,11)13/h4-7H,11,13H2,1-3H3. The third-order valence-electron chi connectivity index (χ3n) is 2.11. The molecule has 0 amide bonds.